The molecule has 0 amide bonds. The molecule has 2 nitrogen and oxygen atoms in total. The molecule has 1 saturated carbocycles. The Balaban J connectivity index is 1.93. The Morgan fingerprint density at radius 1 is 1.23 bits per heavy atom. The highest BCUT2D eigenvalue weighted by molar-refractivity contribution is 5.70. The largest absolute Gasteiger partial charge is 0.458 e. The van der Waals surface area contributed by atoms with Gasteiger partial charge in [-0.25, -0.2) is 0 Å². The molecule has 1 atom stereocenters. The summed E-state index contributed by atoms with van der Waals surface area (Å²) in [7, 11) is 0. The average Bonchev–Trinajstić information content (AvgIpc) is 2.47. The highest BCUT2D eigenvalue weighted by atomic mass is 16.5. The Hall–Kier alpha value is -1.31. The van der Waals surface area contributed by atoms with Gasteiger partial charge in [-0.05, 0) is 42.2 Å². The van der Waals surface area contributed by atoms with Crippen molar-refractivity contribution >= 4 is 5.97 Å². The van der Waals surface area contributed by atoms with E-state index in [1.165, 1.54) is 37.7 Å². The second kappa shape index (κ2) is 7.30. The van der Waals surface area contributed by atoms with Crippen LogP contribution in [0, 0.1) is 5.92 Å². The van der Waals surface area contributed by atoms with Crippen molar-refractivity contribution in [3.63, 3.8) is 0 Å². The minimum Gasteiger partial charge on any atom is -0.458 e. The number of rotatable bonds is 4. The van der Waals surface area contributed by atoms with Crippen molar-refractivity contribution in [2.24, 2.45) is 5.92 Å². The topological polar surface area (TPSA) is 26.3 Å². The van der Waals surface area contributed by atoms with Crippen LogP contribution in [0.15, 0.2) is 24.3 Å². The molecule has 0 bridgehead atoms. The molecule has 1 fully saturated rings. The van der Waals surface area contributed by atoms with Gasteiger partial charge in [-0.2, -0.15) is 0 Å². The summed E-state index contributed by atoms with van der Waals surface area (Å²) in [6.07, 6.45) is 6.64. The van der Waals surface area contributed by atoms with E-state index in [-0.39, 0.29) is 17.5 Å². The standard InChI is InChI=1S/C20H30O2/c1-15(17-11-8-12-18(14-17)20(2,3)4)22-19(21)13-16-9-6-5-7-10-16/h8,11-12,14-16H,5-7,9-10,13H2,1-4H3. The predicted octanol–water partition coefficient (Wildman–Crippen LogP) is 5.56. The van der Waals surface area contributed by atoms with Crippen LogP contribution in [0.1, 0.15) is 83.5 Å². The SMILES string of the molecule is CC(OC(=O)CC1CCCCC1)c1cccc(C(C)(C)C)c1. The number of ether oxygens (including phenoxy) is 1. The van der Waals surface area contributed by atoms with Crippen molar-refractivity contribution in [1.82, 2.24) is 0 Å². The molecule has 0 saturated heterocycles. The van der Waals surface area contributed by atoms with Gasteiger partial charge in [-0.15, -0.1) is 0 Å². The van der Waals surface area contributed by atoms with E-state index in [0.717, 1.165) is 5.56 Å². The number of hydrogen-bond donors (Lipinski definition) is 0. The first-order valence-corrected chi connectivity index (χ1v) is 8.66. The highest BCUT2D eigenvalue weighted by Gasteiger charge is 2.21. The Morgan fingerprint density at radius 3 is 2.55 bits per heavy atom. The van der Waals surface area contributed by atoms with Crippen LogP contribution in [0.3, 0.4) is 0 Å². The Bertz CT molecular complexity index is 493. The molecule has 1 aromatic carbocycles. The lowest BCUT2D eigenvalue weighted by molar-refractivity contribution is -0.150. The molecule has 1 aliphatic carbocycles. The maximum atomic E-state index is 12.2. The lowest BCUT2D eigenvalue weighted by atomic mass is 9.86. The lowest BCUT2D eigenvalue weighted by Gasteiger charge is -2.23. The zero-order valence-corrected chi connectivity index (χ0v) is 14.5. The highest BCUT2D eigenvalue weighted by Crippen LogP contribution is 2.29. The molecule has 0 aromatic heterocycles. The summed E-state index contributed by atoms with van der Waals surface area (Å²) in [6.45, 7) is 8.57. The molecule has 0 heterocycles. The zero-order chi connectivity index (χ0) is 16.2. The van der Waals surface area contributed by atoms with E-state index < -0.39 is 0 Å². The third-order valence-corrected chi connectivity index (χ3v) is 4.71. The molecular formula is C20H30O2. The van der Waals surface area contributed by atoms with Crippen LogP contribution in [0.4, 0.5) is 0 Å². The Labute approximate surface area is 135 Å². The minimum absolute atomic E-state index is 0.0411. The second-order valence-electron chi connectivity index (χ2n) is 7.72. The number of benzene rings is 1. The molecule has 1 aliphatic rings. The predicted molar refractivity (Wildman–Crippen MR) is 90.8 cm³/mol. The van der Waals surface area contributed by atoms with Gasteiger partial charge in [0.05, 0.1) is 0 Å². The lowest BCUT2D eigenvalue weighted by Crippen LogP contribution is -2.16. The van der Waals surface area contributed by atoms with Crippen LogP contribution < -0.4 is 0 Å². The van der Waals surface area contributed by atoms with Crippen LogP contribution >= 0.6 is 0 Å². The molecule has 0 spiro atoms. The second-order valence-corrected chi connectivity index (χ2v) is 7.72. The molecule has 0 radical (unpaired) electrons. The van der Waals surface area contributed by atoms with E-state index in [2.05, 4.69) is 39.0 Å². The van der Waals surface area contributed by atoms with Crippen molar-refractivity contribution in [3.05, 3.63) is 35.4 Å². The molecule has 122 valence electrons. The normalized spacial score (nSPS) is 18.0. The first-order chi connectivity index (χ1) is 10.4. The van der Waals surface area contributed by atoms with Gasteiger partial charge in [0.1, 0.15) is 6.10 Å². The maximum absolute atomic E-state index is 12.2. The van der Waals surface area contributed by atoms with Gasteiger partial charge < -0.3 is 4.74 Å². The van der Waals surface area contributed by atoms with Crippen molar-refractivity contribution in [3.8, 4) is 0 Å². The zero-order valence-electron chi connectivity index (χ0n) is 14.5. The van der Waals surface area contributed by atoms with Gasteiger partial charge in [-0.3, -0.25) is 4.79 Å². The quantitative estimate of drug-likeness (QED) is 0.681. The van der Waals surface area contributed by atoms with Crippen molar-refractivity contribution in [2.45, 2.75) is 77.7 Å². The van der Waals surface area contributed by atoms with E-state index in [0.29, 0.717) is 12.3 Å². The van der Waals surface area contributed by atoms with Crippen LogP contribution in [0.25, 0.3) is 0 Å². The van der Waals surface area contributed by atoms with E-state index in [1.807, 2.05) is 13.0 Å². The maximum Gasteiger partial charge on any atom is 0.306 e. The van der Waals surface area contributed by atoms with E-state index >= 15 is 0 Å². The Morgan fingerprint density at radius 2 is 1.91 bits per heavy atom. The fourth-order valence-corrected chi connectivity index (χ4v) is 3.20. The first kappa shape index (κ1) is 17.1. The smallest absolute Gasteiger partial charge is 0.306 e. The van der Waals surface area contributed by atoms with Gasteiger partial charge >= 0.3 is 5.97 Å². The molecule has 1 aromatic rings. The fraction of sp³-hybridized carbons (Fsp3) is 0.650. The van der Waals surface area contributed by atoms with E-state index in [1.54, 1.807) is 0 Å². The van der Waals surface area contributed by atoms with Crippen molar-refractivity contribution in [2.75, 3.05) is 0 Å². The summed E-state index contributed by atoms with van der Waals surface area (Å²) in [5.41, 5.74) is 2.48. The number of esters is 1. The van der Waals surface area contributed by atoms with Crippen molar-refractivity contribution in [1.29, 1.82) is 0 Å². The molecule has 0 aliphatic heterocycles. The third kappa shape index (κ3) is 4.86. The van der Waals surface area contributed by atoms with Crippen LogP contribution in [-0.2, 0) is 14.9 Å². The molecule has 22 heavy (non-hydrogen) atoms. The van der Waals surface area contributed by atoms with Crippen LogP contribution in [0.2, 0.25) is 0 Å². The average molecular weight is 302 g/mol. The van der Waals surface area contributed by atoms with E-state index in [4.69, 9.17) is 4.74 Å². The van der Waals surface area contributed by atoms with Crippen LogP contribution in [-0.4, -0.2) is 5.97 Å². The summed E-state index contributed by atoms with van der Waals surface area (Å²) in [5.74, 6) is 0.495. The summed E-state index contributed by atoms with van der Waals surface area (Å²) in [5, 5.41) is 0. The van der Waals surface area contributed by atoms with Gasteiger partial charge in [0.25, 0.3) is 0 Å². The fourth-order valence-electron chi connectivity index (χ4n) is 3.20. The van der Waals surface area contributed by atoms with Gasteiger partial charge in [0.2, 0.25) is 0 Å². The molecule has 1 unspecified atom stereocenters. The minimum atomic E-state index is -0.168. The molecule has 0 N–H and O–H groups in total. The molecular weight excluding hydrogens is 272 g/mol. The summed E-state index contributed by atoms with van der Waals surface area (Å²) in [6, 6.07) is 8.41. The number of hydrogen-bond acceptors (Lipinski definition) is 2. The molecule has 2 rings (SSSR count). The van der Waals surface area contributed by atoms with Gasteiger partial charge in [0.15, 0.2) is 0 Å². The van der Waals surface area contributed by atoms with Gasteiger partial charge in [0, 0.05) is 6.42 Å². The van der Waals surface area contributed by atoms with E-state index in [9.17, 15) is 4.79 Å². The van der Waals surface area contributed by atoms with Crippen LogP contribution in [0.5, 0.6) is 0 Å². The summed E-state index contributed by atoms with van der Waals surface area (Å²) >= 11 is 0. The van der Waals surface area contributed by atoms with Crippen molar-refractivity contribution < 1.29 is 9.53 Å². The number of carbonyl (C=O) groups is 1. The third-order valence-electron chi connectivity index (χ3n) is 4.71. The Kier molecular flexibility index (Phi) is 5.66. The summed E-state index contributed by atoms with van der Waals surface area (Å²) < 4.78 is 5.67. The van der Waals surface area contributed by atoms with Gasteiger partial charge in [-0.1, -0.05) is 64.3 Å². The number of carbonyl (C=O) groups excluding carboxylic acids is 1. The molecule has 2 heteroatoms. The monoisotopic (exact) mass is 302 g/mol. The summed E-state index contributed by atoms with van der Waals surface area (Å²) in [4.78, 5) is 12.2. The first-order valence-electron chi connectivity index (χ1n) is 8.66.